The van der Waals surface area contributed by atoms with Crippen molar-refractivity contribution in [2.75, 3.05) is 0 Å². The highest BCUT2D eigenvalue weighted by Gasteiger charge is 2.28. The Morgan fingerprint density at radius 3 is 2.24 bits per heavy atom. The summed E-state index contributed by atoms with van der Waals surface area (Å²) in [6.45, 7) is 2.28. The van der Waals surface area contributed by atoms with E-state index in [0.29, 0.717) is 13.0 Å². The molecule has 0 amide bonds. The van der Waals surface area contributed by atoms with Gasteiger partial charge in [-0.25, -0.2) is 17.6 Å². The van der Waals surface area contributed by atoms with E-state index in [4.69, 9.17) is 20.6 Å². The normalized spacial score (nSPS) is 13.2. The van der Waals surface area contributed by atoms with E-state index < -0.39 is 26.4 Å². The van der Waals surface area contributed by atoms with Gasteiger partial charge in [-0.3, -0.25) is 0 Å². The van der Waals surface area contributed by atoms with Gasteiger partial charge in [-0.1, -0.05) is 0 Å². The first kappa shape index (κ1) is 19.7. The van der Waals surface area contributed by atoms with Crippen molar-refractivity contribution in [1.29, 1.82) is 0 Å². The Labute approximate surface area is 124 Å². The third-order valence-electron chi connectivity index (χ3n) is 2.33. The van der Waals surface area contributed by atoms with E-state index in [1.165, 1.54) is 0 Å². The molecular formula is C10H14ClF3N2O4S. The lowest BCUT2D eigenvalue weighted by Gasteiger charge is -2.04. The van der Waals surface area contributed by atoms with Gasteiger partial charge in [-0.05, 0) is 6.92 Å². The number of hydrogen-bond acceptors (Lipinski definition) is 4. The summed E-state index contributed by atoms with van der Waals surface area (Å²) in [5.41, 5.74) is 0. The lowest BCUT2D eigenvalue weighted by Crippen LogP contribution is -2.37. The third-order valence-corrected chi connectivity index (χ3v) is 4.44. The van der Waals surface area contributed by atoms with Gasteiger partial charge in [0.2, 0.25) is 15.4 Å². The molecule has 11 heteroatoms. The van der Waals surface area contributed by atoms with Gasteiger partial charge < -0.3 is 9.90 Å². The molecule has 1 aromatic rings. The first-order valence-electron chi connectivity index (χ1n) is 5.56. The van der Waals surface area contributed by atoms with Crippen molar-refractivity contribution in [3.8, 4) is 0 Å². The number of imidazole rings is 1. The van der Waals surface area contributed by atoms with E-state index in [9.17, 15) is 21.6 Å². The van der Waals surface area contributed by atoms with Crippen LogP contribution in [0.3, 0.4) is 0 Å². The van der Waals surface area contributed by atoms with Crippen LogP contribution >= 0.6 is 10.7 Å². The molecule has 0 fully saturated rings. The van der Waals surface area contributed by atoms with Crippen molar-refractivity contribution in [2.24, 2.45) is 7.05 Å². The molecule has 122 valence electrons. The molecule has 1 unspecified atom stereocenters. The van der Waals surface area contributed by atoms with Crippen LogP contribution in [-0.4, -0.2) is 30.4 Å². The standard InChI is InChI=1S/C8H14ClN2O2S.C2HF3O2/c1-8(14(9,12)13)3-4-11-6-5-10(2)7-11;3-2(4,5)1(6)7/h5-8H,3-4H2,1-2H3;(H,6,7)/q+1;/p-1. The number of carbonyl (C=O) groups is 1. The zero-order chi connectivity index (χ0) is 16.8. The van der Waals surface area contributed by atoms with Crippen molar-refractivity contribution >= 4 is 25.7 Å². The Balaban J connectivity index is 0.000000486. The third kappa shape index (κ3) is 8.56. The minimum atomic E-state index is -5.19. The van der Waals surface area contributed by atoms with Gasteiger partial charge in [0, 0.05) is 17.1 Å². The Kier molecular flexibility index (Phi) is 7.17. The van der Waals surface area contributed by atoms with E-state index >= 15 is 0 Å². The van der Waals surface area contributed by atoms with Gasteiger partial charge in [-0.2, -0.15) is 13.2 Å². The summed E-state index contributed by atoms with van der Waals surface area (Å²) in [7, 11) is 3.71. The molecular weight excluding hydrogens is 337 g/mol. The topological polar surface area (TPSA) is 83.1 Å². The molecule has 6 nitrogen and oxygen atoms in total. The van der Waals surface area contributed by atoms with E-state index in [1.54, 1.807) is 6.92 Å². The molecule has 1 atom stereocenters. The average molecular weight is 351 g/mol. The fourth-order valence-electron chi connectivity index (χ4n) is 1.11. The molecule has 1 rings (SSSR count). The molecule has 0 saturated heterocycles. The first-order chi connectivity index (χ1) is 9.34. The van der Waals surface area contributed by atoms with Crippen LogP contribution < -0.4 is 9.67 Å². The highest BCUT2D eigenvalue weighted by molar-refractivity contribution is 8.14. The van der Waals surface area contributed by atoms with Crippen LogP contribution in [-0.2, 0) is 27.4 Å². The predicted octanol–water partition coefficient (Wildman–Crippen LogP) is -0.0416. The van der Waals surface area contributed by atoms with Gasteiger partial charge in [0.1, 0.15) is 18.4 Å². The lowest BCUT2D eigenvalue weighted by atomic mass is 10.3. The number of halogens is 4. The molecule has 0 spiro atoms. The quantitative estimate of drug-likeness (QED) is 0.563. The van der Waals surface area contributed by atoms with Gasteiger partial charge in [0.05, 0.1) is 18.8 Å². The maximum atomic E-state index is 10.9. The molecule has 0 aliphatic carbocycles. The summed E-state index contributed by atoms with van der Waals surface area (Å²) in [6.07, 6.45) is 1.03. The number of rotatable bonds is 4. The Hall–Kier alpha value is -1.29. The maximum absolute atomic E-state index is 10.9. The fraction of sp³-hybridized carbons (Fsp3) is 0.600. The molecule has 1 heterocycles. The largest absolute Gasteiger partial charge is 0.542 e. The Morgan fingerprint density at radius 2 is 1.95 bits per heavy atom. The first-order valence-corrected chi connectivity index (χ1v) is 7.94. The van der Waals surface area contributed by atoms with Crippen LogP contribution in [0.15, 0.2) is 18.7 Å². The smallest absolute Gasteiger partial charge is 0.430 e. The van der Waals surface area contributed by atoms with Crippen LogP contribution in [0, 0.1) is 0 Å². The van der Waals surface area contributed by atoms with Crippen molar-refractivity contribution < 1.29 is 36.1 Å². The zero-order valence-electron chi connectivity index (χ0n) is 11.2. The zero-order valence-corrected chi connectivity index (χ0v) is 12.7. The van der Waals surface area contributed by atoms with Crippen LogP contribution in [0.2, 0.25) is 0 Å². The second-order valence-electron chi connectivity index (χ2n) is 4.18. The number of carboxylic acid groups (broad SMARTS) is 1. The highest BCUT2D eigenvalue weighted by Crippen LogP contribution is 2.12. The number of hydrogen-bond donors (Lipinski definition) is 0. The second kappa shape index (κ2) is 7.64. The van der Waals surface area contributed by atoms with E-state index in [0.717, 1.165) is 0 Å². The monoisotopic (exact) mass is 350 g/mol. The van der Waals surface area contributed by atoms with Gasteiger partial charge in [0.25, 0.3) is 0 Å². The van der Waals surface area contributed by atoms with Gasteiger partial charge >= 0.3 is 6.18 Å². The minimum absolute atomic E-state index is 0.503. The molecule has 1 aromatic heterocycles. The van der Waals surface area contributed by atoms with Crippen molar-refractivity contribution in [2.45, 2.75) is 31.3 Å². The van der Waals surface area contributed by atoms with Crippen LogP contribution in [0.4, 0.5) is 13.2 Å². The molecule has 0 aliphatic heterocycles. The van der Waals surface area contributed by atoms with Gasteiger partial charge in [-0.15, -0.1) is 0 Å². The second-order valence-corrected chi connectivity index (χ2v) is 7.22. The van der Waals surface area contributed by atoms with Crippen molar-refractivity contribution in [1.82, 2.24) is 4.57 Å². The number of aliphatic carboxylic acids is 1. The minimum Gasteiger partial charge on any atom is -0.542 e. The SMILES string of the molecule is CC(CCn1cc[n+](C)c1)S(=O)(=O)Cl.O=C([O-])C(F)(F)F. The average Bonchev–Trinajstić information content (AvgIpc) is 2.70. The molecule has 0 bridgehead atoms. The molecule has 0 aliphatic rings. The summed E-state index contributed by atoms with van der Waals surface area (Å²) < 4.78 is 57.2. The van der Waals surface area contributed by atoms with Crippen LogP contribution in [0.5, 0.6) is 0 Å². The van der Waals surface area contributed by atoms with Crippen LogP contribution in [0.1, 0.15) is 13.3 Å². The number of nitrogens with zero attached hydrogens (tertiary/aromatic N) is 2. The summed E-state index contributed by atoms with van der Waals surface area (Å²) in [5.74, 6) is -3.01. The summed E-state index contributed by atoms with van der Waals surface area (Å²) in [4.78, 5) is 8.78. The molecule has 0 aromatic carbocycles. The van der Waals surface area contributed by atoms with Gasteiger partial charge in [0.15, 0.2) is 0 Å². The van der Waals surface area contributed by atoms with E-state index in [2.05, 4.69) is 0 Å². The Bertz CT molecular complexity index is 571. The fourth-order valence-corrected chi connectivity index (χ4v) is 1.76. The maximum Gasteiger partial charge on any atom is 0.430 e. The predicted molar refractivity (Wildman–Crippen MR) is 65.5 cm³/mol. The van der Waals surface area contributed by atoms with Crippen molar-refractivity contribution in [3.63, 3.8) is 0 Å². The summed E-state index contributed by atoms with van der Waals surface area (Å²) in [5, 5.41) is 8.28. The molecule has 0 saturated carbocycles. The number of carboxylic acids is 1. The number of aryl methyl sites for hydroxylation is 2. The lowest BCUT2D eigenvalue weighted by molar-refractivity contribution is -0.671. The van der Waals surface area contributed by atoms with Crippen molar-refractivity contribution in [3.05, 3.63) is 18.7 Å². The molecule has 21 heavy (non-hydrogen) atoms. The Morgan fingerprint density at radius 1 is 1.48 bits per heavy atom. The van der Waals surface area contributed by atoms with Crippen LogP contribution in [0.25, 0.3) is 0 Å². The summed E-state index contributed by atoms with van der Waals surface area (Å²) in [6, 6.07) is 0. The number of carbonyl (C=O) groups excluding carboxylic acids is 1. The van der Waals surface area contributed by atoms with E-state index in [-0.39, 0.29) is 0 Å². The number of alkyl halides is 3. The van der Waals surface area contributed by atoms with E-state index in [1.807, 2.05) is 34.9 Å². The molecule has 0 radical (unpaired) electrons. The highest BCUT2D eigenvalue weighted by atomic mass is 35.7. The molecule has 0 N–H and O–H groups in total. The number of aromatic nitrogens is 2. The summed E-state index contributed by atoms with van der Waals surface area (Å²) >= 11 is 0.